The number of nitrogens with zero attached hydrogens (tertiary/aromatic N) is 1. The summed E-state index contributed by atoms with van der Waals surface area (Å²) in [4.78, 5) is 13.7. The molecule has 3 rings (SSSR count). The van der Waals surface area contributed by atoms with Crippen molar-refractivity contribution in [1.82, 2.24) is 5.43 Å². The summed E-state index contributed by atoms with van der Waals surface area (Å²) in [6.07, 6.45) is 3.81. The zero-order chi connectivity index (χ0) is 19.2. The molecule has 5 heteroatoms. The Morgan fingerprint density at radius 3 is 2.44 bits per heavy atom. The average molecular weight is 366 g/mol. The predicted octanol–water partition coefficient (Wildman–Crippen LogP) is 2.42. The van der Waals surface area contributed by atoms with E-state index in [1.807, 2.05) is 38.1 Å². The van der Waals surface area contributed by atoms with Crippen molar-refractivity contribution in [2.75, 3.05) is 13.1 Å². The number of quaternary nitrogens is 1. The number of aryl methyl sites for hydroxylation is 1. The van der Waals surface area contributed by atoms with Gasteiger partial charge in [0.1, 0.15) is 12.3 Å². The molecule has 0 atom stereocenters. The molecule has 0 spiro atoms. The maximum atomic E-state index is 12.2. The molecule has 1 fully saturated rings. The van der Waals surface area contributed by atoms with E-state index in [2.05, 4.69) is 10.5 Å². The van der Waals surface area contributed by atoms with Crippen molar-refractivity contribution >= 4 is 11.6 Å². The Morgan fingerprint density at radius 2 is 1.74 bits per heavy atom. The van der Waals surface area contributed by atoms with E-state index in [1.54, 1.807) is 18.2 Å². The summed E-state index contributed by atoms with van der Waals surface area (Å²) in [5.74, 6) is 0.0967. The van der Waals surface area contributed by atoms with Crippen LogP contribution in [-0.2, 0) is 6.54 Å². The molecular weight excluding hydrogens is 338 g/mol. The number of likely N-dealkylation sites (tertiary alicyclic amines) is 1. The summed E-state index contributed by atoms with van der Waals surface area (Å²) in [6, 6.07) is 12.9. The van der Waals surface area contributed by atoms with Crippen molar-refractivity contribution in [3.8, 4) is 5.75 Å². The summed E-state index contributed by atoms with van der Waals surface area (Å²) in [6.45, 7) is 6.98. The lowest BCUT2D eigenvalue weighted by atomic mass is 10.0. The molecule has 1 aliphatic heterocycles. The molecule has 0 radical (unpaired) electrons. The Labute approximate surface area is 160 Å². The highest BCUT2D eigenvalue weighted by atomic mass is 16.3. The van der Waals surface area contributed by atoms with Crippen LogP contribution in [0.5, 0.6) is 5.75 Å². The molecule has 1 aliphatic rings. The fourth-order valence-electron chi connectivity index (χ4n) is 3.42. The Balaban J connectivity index is 1.68. The molecule has 0 unspecified atom stereocenters. The van der Waals surface area contributed by atoms with Crippen LogP contribution in [0.1, 0.15) is 53.2 Å². The van der Waals surface area contributed by atoms with Gasteiger partial charge in [-0.15, -0.1) is 0 Å². The van der Waals surface area contributed by atoms with Crippen molar-refractivity contribution in [2.45, 2.75) is 39.7 Å². The van der Waals surface area contributed by atoms with Crippen LogP contribution < -0.4 is 10.3 Å². The fraction of sp³-hybridized carbons (Fsp3) is 0.364. The van der Waals surface area contributed by atoms with Crippen molar-refractivity contribution < 1.29 is 14.8 Å². The third-order valence-corrected chi connectivity index (χ3v) is 5.14. The molecule has 1 heterocycles. The maximum Gasteiger partial charge on any atom is 0.271 e. The molecular formula is C22H28N3O2+. The smallest absolute Gasteiger partial charge is 0.271 e. The summed E-state index contributed by atoms with van der Waals surface area (Å²) in [5, 5.41) is 14.5. The number of phenolic OH excluding ortho intramolecular Hbond substituents is 1. The minimum Gasteiger partial charge on any atom is -0.507 e. The number of nitrogens with one attached hydrogen (secondary N) is 2. The third-order valence-electron chi connectivity index (χ3n) is 5.14. The number of carbonyl (C=O) groups is 1. The zero-order valence-electron chi connectivity index (χ0n) is 16.1. The van der Waals surface area contributed by atoms with Crippen molar-refractivity contribution in [3.63, 3.8) is 0 Å². The van der Waals surface area contributed by atoms with Crippen LogP contribution in [0.2, 0.25) is 0 Å². The lowest BCUT2D eigenvalue weighted by molar-refractivity contribution is -0.918. The van der Waals surface area contributed by atoms with Gasteiger partial charge in [-0.25, -0.2) is 5.43 Å². The van der Waals surface area contributed by atoms with Gasteiger partial charge in [0.15, 0.2) is 0 Å². The van der Waals surface area contributed by atoms with E-state index in [4.69, 9.17) is 0 Å². The van der Waals surface area contributed by atoms with Crippen LogP contribution in [0, 0.1) is 6.92 Å². The van der Waals surface area contributed by atoms with E-state index in [0.29, 0.717) is 17.0 Å². The first-order chi connectivity index (χ1) is 13.0. The van der Waals surface area contributed by atoms with E-state index in [9.17, 15) is 9.90 Å². The average Bonchev–Trinajstić information content (AvgIpc) is 2.69. The molecule has 3 N–H and O–H groups in total. The highest BCUT2D eigenvalue weighted by Gasteiger charge is 2.16. The number of piperidine rings is 1. The summed E-state index contributed by atoms with van der Waals surface area (Å²) >= 11 is 0. The van der Waals surface area contributed by atoms with Crippen molar-refractivity contribution in [3.05, 3.63) is 64.7 Å². The lowest BCUT2D eigenvalue weighted by Crippen LogP contribution is -3.11. The van der Waals surface area contributed by atoms with E-state index >= 15 is 0 Å². The lowest BCUT2D eigenvalue weighted by Gasteiger charge is -2.24. The van der Waals surface area contributed by atoms with E-state index in [0.717, 1.165) is 36.3 Å². The molecule has 142 valence electrons. The van der Waals surface area contributed by atoms with Crippen LogP contribution in [0.3, 0.4) is 0 Å². The Kier molecular flexibility index (Phi) is 6.24. The number of hydrogen-bond acceptors (Lipinski definition) is 3. The minimum absolute atomic E-state index is 0.230. The molecule has 1 saturated heterocycles. The van der Waals surface area contributed by atoms with Gasteiger partial charge in [-0.2, -0.15) is 5.10 Å². The number of hydrazone groups is 1. The quantitative estimate of drug-likeness (QED) is 0.562. The molecule has 0 saturated carbocycles. The second-order valence-corrected chi connectivity index (χ2v) is 7.34. The van der Waals surface area contributed by atoms with E-state index in [1.165, 1.54) is 24.2 Å². The SMILES string of the molecule is C/C(=N\NC(=O)c1ccc(C)cc1)c1ccc(O)c(C[NH+]2CCCCC2)c1. The van der Waals surface area contributed by atoms with Crippen LogP contribution in [0.25, 0.3) is 0 Å². The molecule has 2 aromatic rings. The number of carbonyl (C=O) groups excluding carboxylic acids is 1. The molecule has 1 amide bonds. The maximum absolute atomic E-state index is 12.2. The van der Waals surface area contributed by atoms with Gasteiger partial charge in [0, 0.05) is 11.1 Å². The molecule has 27 heavy (non-hydrogen) atoms. The van der Waals surface area contributed by atoms with Gasteiger partial charge in [0.25, 0.3) is 5.91 Å². The third kappa shape index (κ3) is 5.17. The second-order valence-electron chi connectivity index (χ2n) is 7.34. The number of rotatable bonds is 5. The zero-order valence-corrected chi connectivity index (χ0v) is 16.1. The minimum atomic E-state index is -0.230. The van der Waals surface area contributed by atoms with E-state index in [-0.39, 0.29) is 5.91 Å². The van der Waals surface area contributed by atoms with E-state index < -0.39 is 0 Å². The molecule has 0 aliphatic carbocycles. The summed E-state index contributed by atoms with van der Waals surface area (Å²) in [7, 11) is 0. The van der Waals surface area contributed by atoms with Crippen LogP contribution in [0.15, 0.2) is 47.6 Å². The van der Waals surface area contributed by atoms with Gasteiger partial charge in [-0.05, 0) is 69.0 Å². The highest BCUT2D eigenvalue weighted by molar-refractivity contribution is 6.01. The second kappa shape index (κ2) is 8.82. The van der Waals surface area contributed by atoms with Crippen LogP contribution in [0.4, 0.5) is 0 Å². The topological polar surface area (TPSA) is 66.1 Å². The first kappa shape index (κ1) is 19.1. The number of benzene rings is 2. The van der Waals surface area contributed by atoms with Gasteiger partial charge in [0.2, 0.25) is 0 Å². The molecule has 2 aromatic carbocycles. The Morgan fingerprint density at radius 1 is 1.07 bits per heavy atom. The number of phenols is 1. The Hall–Kier alpha value is -2.66. The summed E-state index contributed by atoms with van der Waals surface area (Å²) < 4.78 is 0. The van der Waals surface area contributed by atoms with Gasteiger partial charge < -0.3 is 10.0 Å². The van der Waals surface area contributed by atoms with Gasteiger partial charge in [0.05, 0.1) is 18.8 Å². The van der Waals surface area contributed by atoms with Gasteiger partial charge in [-0.1, -0.05) is 17.7 Å². The normalized spacial score (nSPS) is 15.6. The predicted molar refractivity (Wildman–Crippen MR) is 107 cm³/mol. The van der Waals surface area contributed by atoms with Gasteiger partial charge in [-0.3, -0.25) is 4.79 Å². The number of hydrogen-bond donors (Lipinski definition) is 3. The van der Waals surface area contributed by atoms with Crippen LogP contribution >= 0.6 is 0 Å². The first-order valence-corrected chi connectivity index (χ1v) is 9.60. The first-order valence-electron chi connectivity index (χ1n) is 9.60. The molecule has 5 nitrogen and oxygen atoms in total. The molecule has 0 aromatic heterocycles. The van der Waals surface area contributed by atoms with Crippen molar-refractivity contribution in [1.29, 1.82) is 0 Å². The van der Waals surface area contributed by atoms with Gasteiger partial charge >= 0.3 is 0 Å². The standard InChI is InChI=1S/C22H27N3O2/c1-16-6-8-18(9-7-16)22(27)24-23-17(2)19-10-11-21(26)20(14-19)15-25-12-4-3-5-13-25/h6-11,14,26H,3-5,12-13,15H2,1-2H3,(H,24,27)/p+1/b23-17+. The molecule has 0 bridgehead atoms. The Bertz CT molecular complexity index is 822. The number of amides is 1. The summed E-state index contributed by atoms with van der Waals surface area (Å²) in [5.41, 5.74) is 6.86. The monoisotopic (exact) mass is 366 g/mol. The fourth-order valence-corrected chi connectivity index (χ4v) is 3.42. The van der Waals surface area contributed by atoms with Crippen LogP contribution in [-0.4, -0.2) is 29.8 Å². The largest absolute Gasteiger partial charge is 0.507 e. The number of aromatic hydroxyl groups is 1. The van der Waals surface area contributed by atoms with Crippen molar-refractivity contribution in [2.24, 2.45) is 5.10 Å². The highest BCUT2D eigenvalue weighted by Crippen LogP contribution is 2.18.